The second-order valence-corrected chi connectivity index (χ2v) is 4.42. The Morgan fingerprint density at radius 1 is 1.22 bits per heavy atom. The van der Waals surface area contributed by atoms with Gasteiger partial charge in [-0.3, -0.25) is 4.79 Å². The molecule has 2 N–H and O–H groups in total. The molecule has 0 saturated heterocycles. The van der Waals surface area contributed by atoms with Crippen LogP contribution in [0.15, 0.2) is 46.9 Å². The van der Waals surface area contributed by atoms with Crippen molar-refractivity contribution in [2.24, 2.45) is 5.73 Å². The highest BCUT2D eigenvalue weighted by atomic mass is 79.9. The number of carbonyl (C=O) groups is 1. The monoisotopic (exact) mass is 309 g/mol. The van der Waals surface area contributed by atoms with Crippen molar-refractivity contribution in [2.75, 3.05) is 0 Å². The van der Waals surface area contributed by atoms with E-state index < -0.39 is 5.91 Å². The fourth-order valence-corrected chi connectivity index (χ4v) is 1.85. The van der Waals surface area contributed by atoms with Crippen LogP contribution < -0.4 is 10.5 Å². The maximum atomic E-state index is 13.0. The molecule has 0 aliphatic heterocycles. The molecule has 0 heterocycles. The van der Waals surface area contributed by atoms with Crippen LogP contribution in [-0.4, -0.2) is 5.91 Å². The molecule has 2 rings (SSSR count). The van der Waals surface area contributed by atoms with Crippen molar-refractivity contribution >= 4 is 21.8 Å². The summed E-state index contributed by atoms with van der Waals surface area (Å²) in [5.41, 5.74) is 5.52. The van der Waals surface area contributed by atoms with Crippen molar-refractivity contribution in [1.82, 2.24) is 0 Å². The van der Waals surface area contributed by atoms with Gasteiger partial charge in [-0.2, -0.15) is 0 Å². The number of hydrogen-bond acceptors (Lipinski definition) is 2. The van der Waals surface area contributed by atoms with Crippen LogP contribution in [0.4, 0.5) is 4.39 Å². The molecule has 0 aliphatic carbocycles. The smallest absolute Gasteiger partial charge is 0.248 e. The van der Waals surface area contributed by atoms with Gasteiger partial charge in [-0.25, -0.2) is 4.39 Å². The average molecular weight is 310 g/mol. The van der Waals surface area contributed by atoms with Gasteiger partial charge in [-0.15, -0.1) is 0 Å². The van der Waals surface area contributed by atoms with E-state index in [9.17, 15) is 9.18 Å². The summed E-state index contributed by atoms with van der Waals surface area (Å²) in [7, 11) is 0. The van der Waals surface area contributed by atoms with Gasteiger partial charge in [-0.05, 0) is 46.3 Å². The van der Waals surface area contributed by atoms with E-state index in [1.165, 1.54) is 12.1 Å². The molecule has 92 valence electrons. The first-order valence-corrected chi connectivity index (χ1v) is 5.88. The molecule has 18 heavy (non-hydrogen) atoms. The Hall–Kier alpha value is -1.88. The van der Waals surface area contributed by atoms with Crippen molar-refractivity contribution in [2.45, 2.75) is 0 Å². The summed E-state index contributed by atoms with van der Waals surface area (Å²) < 4.78 is 19.0. The fraction of sp³-hybridized carbons (Fsp3) is 0. The molecule has 2 aromatic carbocycles. The predicted octanol–water partition coefficient (Wildman–Crippen LogP) is 3.48. The van der Waals surface area contributed by atoms with Crippen LogP contribution in [0.5, 0.6) is 11.5 Å². The molecule has 5 heteroatoms. The number of primary amides is 1. The van der Waals surface area contributed by atoms with Crippen LogP contribution in [0.3, 0.4) is 0 Å². The molecule has 0 atom stereocenters. The molecule has 2 aromatic rings. The van der Waals surface area contributed by atoms with E-state index in [4.69, 9.17) is 10.5 Å². The highest BCUT2D eigenvalue weighted by Gasteiger charge is 2.07. The molecular formula is C13H9BrFNO2. The lowest BCUT2D eigenvalue weighted by molar-refractivity contribution is 0.1000. The molecule has 0 unspecified atom stereocenters. The van der Waals surface area contributed by atoms with E-state index in [0.717, 1.165) is 0 Å². The van der Waals surface area contributed by atoms with Crippen LogP contribution in [0.1, 0.15) is 10.4 Å². The quantitative estimate of drug-likeness (QED) is 0.943. The summed E-state index contributed by atoms with van der Waals surface area (Å²) in [6, 6.07) is 10.5. The van der Waals surface area contributed by atoms with Crippen LogP contribution >= 0.6 is 15.9 Å². The summed E-state index contributed by atoms with van der Waals surface area (Å²) >= 11 is 3.26. The Morgan fingerprint density at radius 3 is 2.61 bits per heavy atom. The Kier molecular flexibility index (Phi) is 3.62. The maximum absolute atomic E-state index is 13.0. The van der Waals surface area contributed by atoms with Gasteiger partial charge in [0, 0.05) is 11.6 Å². The number of hydrogen-bond donors (Lipinski definition) is 1. The van der Waals surface area contributed by atoms with Gasteiger partial charge >= 0.3 is 0 Å². The van der Waals surface area contributed by atoms with Crippen molar-refractivity contribution < 1.29 is 13.9 Å². The molecule has 0 radical (unpaired) electrons. The van der Waals surface area contributed by atoms with Crippen molar-refractivity contribution in [3.8, 4) is 11.5 Å². The summed E-state index contributed by atoms with van der Waals surface area (Å²) in [4.78, 5) is 11.0. The summed E-state index contributed by atoms with van der Waals surface area (Å²) in [5, 5.41) is 0. The van der Waals surface area contributed by atoms with E-state index in [2.05, 4.69) is 15.9 Å². The third kappa shape index (κ3) is 2.87. The lowest BCUT2D eigenvalue weighted by Crippen LogP contribution is -2.10. The normalized spacial score (nSPS) is 10.1. The number of nitrogens with two attached hydrogens (primary N) is 1. The molecule has 0 bridgehead atoms. The number of benzene rings is 2. The fourth-order valence-electron chi connectivity index (χ4n) is 1.39. The zero-order valence-corrected chi connectivity index (χ0v) is 10.8. The third-order valence-electron chi connectivity index (χ3n) is 2.24. The first-order chi connectivity index (χ1) is 8.56. The first-order valence-electron chi connectivity index (χ1n) is 5.09. The Bertz CT molecular complexity index is 601. The minimum atomic E-state index is -0.520. The topological polar surface area (TPSA) is 52.3 Å². The SMILES string of the molecule is NC(=O)c1ccc(Oc2cccc(F)c2)c(Br)c1. The van der Waals surface area contributed by atoms with Crippen LogP contribution in [0.25, 0.3) is 0 Å². The van der Waals surface area contributed by atoms with Crippen LogP contribution in [0, 0.1) is 5.82 Å². The Morgan fingerprint density at radius 2 is 2.00 bits per heavy atom. The van der Waals surface area contributed by atoms with Gasteiger partial charge in [0.2, 0.25) is 5.91 Å². The van der Waals surface area contributed by atoms with Crippen LogP contribution in [-0.2, 0) is 0 Å². The average Bonchev–Trinajstić information content (AvgIpc) is 2.31. The second kappa shape index (κ2) is 5.18. The minimum absolute atomic E-state index is 0.369. The lowest BCUT2D eigenvalue weighted by atomic mass is 10.2. The van der Waals surface area contributed by atoms with E-state index in [0.29, 0.717) is 21.5 Å². The molecule has 0 aromatic heterocycles. The van der Waals surface area contributed by atoms with Gasteiger partial charge in [0.1, 0.15) is 17.3 Å². The Balaban J connectivity index is 2.27. The zero-order chi connectivity index (χ0) is 13.1. The number of halogens is 2. The van der Waals surface area contributed by atoms with Crippen molar-refractivity contribution in [3.05, 3.63) is 58.3 Å². The largest absolute Gasteiger partial charge is 0.456 e. The molecule has 0 saturated carbocycles. The van der Waals surface area contributed by atoms with E-state index in [1.54, 1.807) is 30.3 Å². The number of amides is 1. The highest BCUT2D eigenvalue weighted by Crippen LogP contribution is 2.30. The molecule has 0 aliphatic rings. The van der Waals surface area contributed by atoms with Gasteiger partial charge < -0.3 is 10.5 Å². The lowest BCUT2D eigenvalue weighted by Gasteiger charge is -2.08. The van der Waals surface area contributed by atoms with E-state index in [-0.39, 0.29) is 5.82 Å². The minimum Gasteiger partial charge on any atom is -0.456 e. The Labute approximate surface area is 112 Å². The van der Waals surface area contributed by atoms with Crippen LogP contribution in [0.2, 0.25) is 0 Å². The van der Waals surface area contributed by atoms with Gasteiger partial charge in [0.15, 0.2) is 0 Å². The van der Waals surface area contributed by atoms with Crippen molar-refractivity contribution in [3.63, 3.8) is 0 Å². The van der Waals surface area contributed by atoms with E-state index in [1.807, 2.05) is 0 Å². The molecule has 1 amide bonds. The first kappa shape index (κ1) is 12.6. The third-order valence-corrected chi connectivity index (χ3v) is 2.86. The summed E-state index contributed by atoms with van der Waals surface area (Å²) in [5.74, 6) is -0.0430. The van der Waals surface area contributed by atoms with Crippen molar-refractivity contribution in [1.29, 1.82) is 0 Å². The maximum Gasteiger partial charge on any atom is 0.248 e. The van der Waals surface area contributed by atoms with Gasteiger partial charge in [-0.1, -0.05) is 6.07 Å². The zero-order valence-electron chi connectivity index (χ0n) is 9.19. The summed E-state index contributed by atoms with van der Waals surface area (Å²) in [6.45, 7) is 0. The number of ether oxygens (including phenoxy) is 1. The van der Waals surface area contributed by atoms with E-state index >= 15 is 0 Å². The molecule has 3 nitrogen and oxygen atoms in total. The second-order valence-electron chi connectivity index (χ2n) is 3.57. The number of carbonyl (C=O) groups excluding carboxylic acids is 1. The standard InChI is InChI=1S/C13H9BrFNO2/c14-11-6-8(13(16)17)4-5-12(11)18-10-3-1-2-9(15)7-10/h1-7H,(H2,16,17). The molecule has 0 spiro atoms. The predicted molar refractivity (Wildman–Crippen MR) is 69.1 cm³/mol. The number of rotatable bonds is 3. The summed E-state index contributed by atoms with van der Waals surface area (Å²) in [6.07, 6.45) is 0. The molecule has 0 fully saturated rings. The van der Waals surface area contributed by atoms with Gasteiger partial charge in [0.25, 0.3) is 0 Å². The highest BCUT2D eigenvalue weighted by molar-refractivity contribution is 9.10. The van der Waals surface area contributed by atoms with Gasteiger partial charge in [0.05, 0.1) is 4.47 Å². The molecular weight excluding hydrogens is 301 g/mol.